The molecule has 0 aliphatic carbocycles. The summed E-state index contributed by atoms with van der Waals surface area (Å²) in [6, 6.07) is 63.1. The zero-order chi connectivity index (χ0) is 32.6. The van der Waals surface area contributed by atoms with E-state index in [2.05, 4.69) is 150 Å². The molecular weight excluding hydrogens is 597 g/mol. The molecule has 0 aliphatic heterocycles. The summed E-state index contributed by atoms with van der Waals surface area (Å²) in [5.41, 5.74) is 7.83. The Hall–Kier alpha value is -6.65. The van der Waals surface area contributed by atoms with Gasteiger partial charge in [-0.1, -0.05) is 140 Å². The van der Waals surface area contributed by atoms with Crippen molar-refractivity contribution >= 4 is 49.6 Å². The topological polar surface area (TPSA) is 41.9 Å². The van der Waals surface area contributed by atoms with Crippen LogP contribution in [0.4, 0.5) is 17.2 Å². The predicted molar refractivity (Wildman–Crippen MR) is 203 cm³/mol. The minimum absolute atomic E-state index is 0.678. The molecule has 0 amide bonds. The molecule has 7 aromatic carbocycles. The monoisotopic (exact) mass is 626 g/mol. The van der Waals surface area contributed by atoms with Gasteiger partial charge >= 0.3 is 0 Å². The van der Waals surface area contributed by atoms with Crippen LogP contribution in [0.15, 0.2) is 182 Å². The number of rotatable bonds is 6. The van der Waals surface area contributed by atoms with Crippen molar-refractivity contribution in [3.8, 4) is 33.9 Å². The number of fused-ring (bicyclic) bond motifs is 4. The number of pyridine rings is 1. The van der Waals surface area contributed by atoms with E-state index >= 15 is 0 Å². The van der Waals surface area contributed by atoms with Crippen molar-refractivity contribution in [3.05, 3.63) is 182 Å². The molecule has 49 heavy (non-hydrogen) atoms. The third kappa shape index (κ3) is 5.26. The summed E-state index contributed by atoms with van der Waals surface area (Å²) in [5, 5.41) is 5.72. The molecular formula is C45H30N4. The van der Waals surface area contributed by atoms with Crippen molar-refractivity contribution in [2.75, 3.05) is 4.90 Å². The van der Waals surface area contributed by atoms with Crippen LogP contribution < -0.4 is 4.90 Å². The summed E-state index contributed by atoms with van der Waals surface area (Å²) in [5.74, 6) is 1.56. The standard InChI is InChI=1S/C45H30N4/c1-3-15-32(16-4-1)41-30-42(33-17-5-2-6-18-33)47-44(46-41)34-26-28-35(29-27-34)49(43-25-13-19-31-14-7-8-20-36(31)43)45-39-23-10-9-21-37(39)38-22-11-12-24-40(38)48-45/h1-30H. The van der Waals surface area contributed by atoms with Crippen molar-refractivity contribution in [2.24, 2.45) is 0 Å². The van der Waals surface area contributed by atoms with E-state index < -0.39 is 0 Å². The summed E-state index contributed by atoms with van der Waals surface area (Å²) < 4.78 is 0. The van der Waals surface area contributed by atoms with E-state index in [9.17, 15) is 0 Å². The van der Waals surface area contributed by atoms with Crippen molar-refractivity contribution in [1.29, 1.82) is 0 Å². The van der Waals surface area contributed by atoms with Crippen LogP contribution in [0, 0.1) is 0 Å². The largest absolute Gasteiger partial charge is 0.294 e. The van der Waals surface area contributed by atoms with Gasteiger partial charge in [0, 0.05) is 38.5 Å². The number of hydrogen-bond acceptors (Lipinski definition) is 4. The van der Waals surface area contributed by atoms with Gasteiger partial charge < -0.3 is 0 Å². The lowest BCUT2D eigenvalue weighted by Gasteiger charge is -2.27. The summed E-state index contributed by atoms with van der Waals surface area (Å²) in [6.45, 7) is 0. The second-order valence-electron chi connectivity index (χ2n) is 12.1. The molecule has 9 rings (SSSR count). The number of nitrogens with zero attached hydrogens (tertiary/aromatic N) is 4. The molecule has 4 heteroatoms. The molecule has 0 saturated carbocycles. The highest BCUT2D eigenvalue weighted by atomic mass is 15.2. The van der Waals surface area contributed by atoms with Crippen LogP contribution in [0.25, 0.3) is 66.4 Å². The van der Waals surface area contributed by atoms with E-state index in [-0.39, 0.29) is 0 Å². The van der Waals surface area contributed by atoms with Gasteiger partial charge in [0.1, 0.15) is 5.82 Å². The molecule has 2 aromatic heterocycles. The fraction of sp³-hybridized carbons (Fsp3) is 0. The number of anilines is 3. The fourth-order valence-electron chi connectivity index (χ4n) is 6.68. The highest BCUT2D eigenvalue weighted by molar-refractivity contribution is 6.12. The molecule has 230 valence electrons. The second-order valence-corrected chi connectivity index (χ2v) is 12.1. The van der Waals surface area contributed by atoms with Gasteiger partial charge in [-0.3, -0.25) is 4.90 Å². The highest BCUT2D eigenvalue weighted by Crippen LogP contribution is 2.43. The molecule has 0 radical (unpaired) electrons. The van der Waals surface area contributed by atoms with Crippen molar-refractivity contribution < 1.29 is 0 Å². The van der Waals surface area contributed by atoms with E-state index in [4.69, 9.17) is 15.0 Å². The fourth-order valence-corrected chi connectivity index (χ4v) is 6.68. The number of aromatic nitrogens is 3. The van der Waals surface area contributed by atoms with Crippen molar-refractivity contribution in [1.82, 2.24) is 15.0 Å². The number of benzene rings is 7. The number of para-hydroxylation sites is 1. The first-order valence-electron chi connectivity index (χ1n) is 16.5. The Morgan fingerprint density at radius 2 is 0.918 bits per heavy atom. The summed E-state index contributed by atoms with van der Waals surface area (Å²) >= 11 is 0. The Bertz CT molecular complexity index is 2540. The van der Waals surface area contributed by atoms with Crippen molar-refractivity contribution in [3.63, 3.8) is 0 Å². The zero-order valence-electron chi connectivity index (χ0n) is 26.6. The van der Waals surface area contributed by atoms with Gasteiger partial charge in [0.15, 0.2) is 5.82 Å². The minimum atomic E-state index is 0.678. The van der Waals surface area contributed by atoms with E-state index in [1.54, 1.807) is 0 Å². The average molecular weight is 627 g/mol. The Balaban J connectivity index is 1.24. The van der Waals surface area contributed by atoms with E-state index in [1.807, 2.05) is 36.4 Å². The molecule has 4 nitrogen and oxygen atoms in total. The first kappa shape index (κ1) is 28.6. The van der Waals surface area contributed by atoms with Crippen LogP contribution in [0.3, 0.4) is 0 Å². The number of hydrogen-bond donors (Lipinski definition) is 0. The molecule has 0 bridgehead atoms. The lowest BCUT2D eigenvalue weighted by atomic mass is 10.0. The first-order valence-corrected chi connectivity index (χ1v) is 16.5. The third-order valence-electron chi connectivity index (χ3n) is 9.06. The summed E-state index contributed by atoms with van der Waals surface area (Å²) in [6.07, 6.45) is 0. The molecule has 0 unspecified atom stereocenters. The normalized spacial score (nSPS) is 11.3. The van der Waals surface area contributed by atoms with Gasteiger partial charge in [0.25, 0.3) is 0 Å². The molecule has 0 aliphatic rings. The molecule has 0 atom stereocenters. The lowest BCUT2D eigenvalue weighted by molar-refractivity contribution is 1.18. The predicted octanol–water partition coefficient (Wildman–Crippen LogP) is 11.8. The van der Waals surface area contributed by atoms with Gasteiger partial charge in [-0.25, -0.2) is 15.0 Å². The second kappa shape index (κ2) is 12.2. The molecule has 0 saturated heterocycles. The molecule has 0 N–H and O–H groups in total. The van der Waals surface area contributed by atoms with E-state index in [1.165, 1.54) is 10.8 Å². The van der Waals surface area contributed by atoms with Gasteiger partial charge in [-0.2, -0.15) is 0 Å². The van der Waals surface area contributed by atoms with Crippen LogP contribution >= 0.6 is 0 Å². The molecule has 9 aromatic rings. The highest BCUT2D eigenvalue weighted by Gasteiger charge is 2.21. The summed E-state index contributed by atoms with van der Waals surface area (Å²) in [4.78, 5) is 17.8. The first-order chi connectivity index (χ1) is 24.3. The smallest absolute Gasteiger partial charge is 0.160 e. The van der Waals surface area contributed by atoms with Gasteiger partial charge in [0.05, 0.1) is 22.6 Å². The third-order valence-corrected chi connectivity index (χ3v) is 9.06. The van der Waals surface area contributed by atoms with E-state index in [0.717, 1.165) is 66.9 Å². The van der Waals surface area contributed by atoms with Crippen LogP contribution in [-0.2, 0) is 0 Å². The van der Waals surface area contributed by atoms with Gasteiger partial charge in [-0.15, -0.1) is 0 Å². The van der Waals surface area contributed by atoms with Gasteiger partial charge in [-0.05, 0) is 53.2 Å². The minimum Gasteiger partial charge on any atom is -0.294 e. The maximum absolute atomic E-state index is 5.34. The Kier molecular flexibility index (Phi) is 7.10. The molecule has 2 heterocycles. The maximum atomic E-state index is 5.34. The maximum Gasteiger partial charge on any atom is 0.160 e. The van der Waals surface area contributed by atoms with Crippen LogP contribution in [0.2, 0.25) is 0 Å². The van der Waals surface area contributed by atoms with Gasteiger partial charge in [0.2, 0.25) is 0 Å². The van der Waals surface area contributed by atoms with Crippen LogP contribution in [0.1, 0.15) is 0 Å². The lowest BCUT2D eigenvalue weighted by Crippen LogP contribution is -2.13. The average Bonchev–Trinajstić information content (AvgIpc) is 3.19. The Morgan fingerprint density at radius 3 is 1.61 bits per heavy atom. The Labute approximate surface area is 284 Å². The zero-order valence-corrected chi connectivity index (χ0v) is 26.6. The molecule has 0 fully saturated rings. The van der Waals surface area contributed by atoms with Crippen LogP contribution in [-0.4, -0.2) is 15.0 Å². The van der Waals surface area contributed by atoms with E-state index in [0.29, 0.717) is 5.82 Å². The molecule has 0 spiro atoms. The summed E-state index contributed by atoms with van der Waals surface area (Å²) in [7, 11) is 0. The van der Waals surface area contributed by atoms with Crippen molar-refractivity contribution in [2.45, 2.75) is 0 Å². The quantitative estimate of drug-likeness (QED) is 0.172. The SMILES string of the molecule is c1ccc(-c2cc(-c3ccccc3)nc(-c3ccc(N(c4cccc5ccccc45)c4nc5ccccc5c5ccccc45)cc3)n2)cc1. The van der Waals surface area contributed by atoms with Crippen LogP contribution in [0.5, 0.6) is 0 Å². The Morgan fingerprint density at radius 1 is 0.367 bits per heavy atom.